The molecule has 1 aliphatic carbocycles. The van der Waals surface area contributed by atoms with Gasteiger partial charge in [-0.3, -0.25) is 0 Å². The third-order valence-electron chi connectivity index (χ3n) is 3.63. The van der Waals surface area contributed by atoms with Crippen LogP contribution in [0.25, 0.3) is 0 Å². The number of hydrogen-bond acceptors (Lipinski definition) is 3. The summed E-state index contributed by atoms with van der Waals surface area (Å²) in [5.41, 5.74) is -0.401. The van der Waals surface area contributed by atoms with Gasteiger partial charge in [0.15, 0.2) is 0 Å². The summed E-state index contributed by atoms with van der Waals surface area (Å²) < 4.78 is 28.4. The Morgan fingerprint density at radius 1 is 1.53 bits per heavy atom. The quantitative estimate of drug-likeness (QED) is 0.827. The van der Waals surface area contributed by atoms with E-state index in [1.807, 2.05) is 13.8 Å². The molecule has 6 heteroatoms. The molecule has 0 radical (unpaired) electrons. The molecule has 2 N–H and O–H groups in total. The summed E-state index contributed by atoms with van der Waals surface area (Å²) >= 11 is 0. The smallest absolute Gasteiger partial charge is 0.242 e. The average molecular weight is 258 g/mol. The van der Waals surface area contributed by atoms with Crippen molar-refractivity contribution in [1.82, 2.24) is 9.29 Å². The van der Waals surface area contributed by atoms with Gasteiger partial charge in [-0.05, 0) is 12.5 Å². The molecule has 2 unspecified atom stereocenters. The van der Waals surface area contributed by atoms with Crippen LogP contribution >= 0.6 is 0 Å². The van der Waals surface area contributed by atoms with Crippen molar-refractivity contribution in [3.8, 4) is 0 Å². The first-order chi connectivity index (χ1) is 7.73. The molecule has 1 fully saturated rings. The SMILES string of the molecule is Cn1ccc(S(=O)(=O)NC2CC(O)C2(C)C)c1. The number of aliphatic hydroxyl groups is 1. The van der Waals surface area contributed by atoms with E-state index in [0.717, 1.165) is 0 Å². The van der Waals surface area contributed by atoms with E-state index in [-0.39, 0.29) is 10.9 Å². The van der Waals surface area contributed by atoms with Crippen molar-refractivity contribution >= 4 is 10.0 Å². The normalized spacial score (nSPS) is 27.8. The number of sulfonamides is 1. The molecular formula is C11H18N2O3S. The Morgan fingerprint density at radius 3 is 2.59 bits per heavy atom. The first-order valence-electron chi connectivity index (χ1n) is 5.56. The predicted molar refractivity (Wildman–Crippen MR) is 63.9 cm³/mol. The number of aromatic nitrogens is 1. The molecule has 2 atom stereocenters. The minimum atomic E-state index is -3.48. The van der Waals surface area contributed by atoms with Crippen molar-refractivity contribution in [2.24, 2.45) is 12.5 Å². The molecule has 1 aromatic rings. The number of nitrogens with one attached hydrogen (secondary N) is 1. The zero-order valence-electron chi connectivity index (χ0n) is 10.2. The van der Waals surface area contributed by atoms with Crippen LogP contribution in [0, 0.1) is 5.41 Å². The molecule has 0 aliphatic heterocycles. The highest BCUT2D eigenvalue weighted by Gasteiger charge is 2.48. The van der Waals surface area contributed by atoms with Crippen LogP contribution in [0.5, 0.6) is 0 Å². The van der Waals surface area contributed by atoms with Gasteiger partial charge in [0.1, 0.15) is 0 Å². The highest BCUT2D eigenvalue weighted by molar-refractivity contribution is 7.89. The molecule has 0 aromatic carbocycles. The number of rotatable bonds is 3. The van der Waals surface area contributed by atoms with Gasteiger partial charge in [0.05, 0.1) is 11.0 Å². The van der Waals surface area contributed by atoms with E-state index in [2.05, 4.69) is 4.72 Å². The van der Waals surface area contributed by atoms with Crippen LogP contribution in [0.15, 0.2) is 23.4 Å². The molecule has 1 saturated carbocycles. The average Bonchev–Trinajstić information content (AvgIpc) is 2.65. The predicted octanol–water partition coefficient (Wildman–Crippen LogP) is 0.463. The molecule has 5 nitrogen and oxygen atoms in total. The highest BCUT2D eigenvalue weighted by atomic mass is 32.2. The molecule has 1 heterocycles. The first-order valence-corrected chi connectivity index (χ1v) is 7.04. The van der Waals surface area contributed by atoms with Crippen LogP contribution in [0.4, 0.5) is 0 Å². The molecule has 0 saturated heterocycles. The lowest BCUT2D eigenvalue weighted by atomic mass is 9.65. The molecule has 1 aromatic heterocycles. The number of aliphatic hydroxyl groups excluding tert-OH is 1. The van der Waals surface area contributed by atoms with E-state index in [4.69, 9.17) is 0 Å². The van der Waals surface area contributed by atoms with Crippen LogP contribution in [0.2, 0.25) is 0 Å². The Balaban J connectivity index is 2.15. The van der Waals surface area contributed by atoms with Crippen LogP contribution in [0.1, 0.15) is 20.3 Å². The summed E-state index contributed by atoms with van der Waals surface area (Å²) in [5, 5.41) is 9.58. The zero-order chi connectivity index (χ0) is 12.8. The van der Waals surface area contributed by atoms with Gasteiger partial charge in [-0.1, -0.05) is 13.8 Å². The van der Waals surface area contributed by atoms with Crippen molar-refractivity contribution in [3.05, 3.63) is 18.5 Å². The van der Waals surface area contributed by atoms with Crippen molar-refractivity contribution < 1.29 is 13.5 Å². The van der Waals surface area contributed by atoms with E-state index in [1.165, 1.54) is 0 Å². The minimum absolute atomic E-state index is 0.206. The molecule has 0 spiro atoms. The molecule has 96 valence electrons. The molecule has 0 amide bonds. The van der Waals surface area contributed by atoms with Gasteiger partial charge in [-0.2, -0.15) is 0 Å². The Bertz CT molecular complexity index is 519. The van der Waals surface area contributed by atoms with Crippen LogP contribution < -0.4 is 4.72 Å². The lowest BCUT2D eigenvalue weighted by molar-refractivity contribution is -0.0645. The molecular weight excluding hydrogens is 240 g/mol. The number of nitrogens with zero attached hydrogens (tertiary/aromatic N) is 1. The molecule has 2 rings (SSSR count). The van der Waals surface area contributed by atoms with Gasteiger partial charge < -0.3 is 9.67 Å². The molecule has 17 heavy (non-hydrogen) atoms. The maximum atomic E-state index is 12.0. The fourth-order valence-electron chi connectivity index (χ4n) is 1.99. The summed E-state index contributed by atoms with van der Waals surface area (Å²) in [7, 11) is -1.70. The standard InChI is InChI=1S/C11H18N2O3S/c1-11(2)9(6-10(11)14)12-17(15,16)8-4-5-13(3)7-8/h4-5,7,9-10,12,14H,6H2,1-3H3. The maximum Gasteiger partial charge on any atom is 0.242 e. The van der Waals surface area contributed by atoms with E-state index in [0.29, 0.717) is 6.42 Å². The van der Waals surface area contributed by atoms with Gasteiger partial charge in [0, 0.05) is 30.9 Å². The minimum Gasteiger partial charge on any atom is -0.392 e. The van der Waals surface area contributed by atoms with E-state index < -0.39 is 21.5 Å². The van der Waals surface area contributed by atoms with Gasteiger partial charge in [0.2, 0.25) is 10.0 Å². The zero-order valence-corrected chi connectivity index (χ0v) is 11.0. The fourth-order valence-corrected chi connectivity index (χ4v) is 3.45. The largest absolute Gasteiger partial charge is 0.392 e. The topological polar surface area (TPSA) is 71.3 Å². The lowest BCUT2D eigenvalue weighted by Crippen LogP contribution is -2.61. The second-order valence-electron chi connectivity index (χ2n) is 5.26. The van der Waals surface area contributed by atoms with Crippen LogP contribution in [-0.4, -0.2) is 30.2 Å². The summed E-state index contributed by atoms with van der Waals surface area (Å²) in [4.78, 5) is 0.261. The Labute approximate surface area is 102 Å². The third kappa shape index (κ3) is 2.12. The molecule has 1 aliphatic rings. The van der Waals surface area contributed by atoms with Crippen molar-refractivity contribution in [2.45, 2.75) is 37.3 Å². The van der Waals surface area contributed by atoms with Gasteiger partial charge in [-0.25, -0.2) is 13.1 Å². The Morgan fingerprint density at radius 2 is 2.18 bits per heavy atom. The Hall–Kier alpha value is -0.850. The van der Waals surface area contributed by atoms with E-state index in [1.54, 1.807) is 30.1 Å². The summed E-state index contributed by atoms with van der Waals surface area (Å²) in [6, 6.07) is 1.35. The second kappa shape index (κ2) is 3.83. The van der Waals surface area contributed by atoms with Crippen molar-refractivity contribution in [2.75, 3.05) is 0 Å². The van der Waals surface area contributed by atoms with Crippen LogP contribution in [-0.2, 0) is 17.1 Å². The van der Waals surface area contributed by atoms with Crippen molar-refractivity contribution in [1.29, 1.82) is 0 Å². The third-order valence-corrected chi connectivity index (χ3v) is 5.09. The number of hydrogen-bond donors (Lipinski definition) is 2. The Kier molecular flexibility index (Phi) is 2.84. The number of aryl methyl sites for hydroxylation is 1. The summed E-state index contributed by atoms with van der Waals surface area (Å²) in [6.07, 6.45) is 3.28. The van der Waals surface area contributed by atoms with Gasteiger partial charge >= 0.3 is 0 Å². The second-order valence-corrected chi connectivity index (χ2v) is 6.97. The van der Waals surface area contributed by atoms with E-state index >= 15 is 0 Å². The lowest BCUT2D eigenvalue weighted by Gasteiger charge is -2.49. The maximum absolute atomic E-state index is 12.0. The first kappa shape index (κ1) is 12.6. The highest BCUT2D eigenvalue weighted by Crippen LogP contribution is 2.41. The summed E-state index contributed by atoms with van der Waals surface area (Å²) in [6.45, 7) is 3.72. The van der Waals surface area contributed by atoms with Crippen LogP contribution in [0.3, 0.4) is 0 Å². The summed E-state index contributed by atoms with van der Waals surface area (Å²) in [5.74, 6) is 0. The van der Waals surface area contributed by atoms with E-state index in [9.17, 15) is 13.5 Å². The van der Waals surface area contributed by atoms with Gasteiger partial charge in [-0.15, -0.1) is 0 Å². The molecule has 0 bridgehead atoms. The van der Waals surface area contributed by atoms with Gasteiger partial charge in [0.25, 0.3) is 0 Å². The van der Waals surface area contributed by atoms with Crippen molar-refractivity contribution in [3.63, 3.8) is 0 Å². The fraction of sp³-hybridized carbons (Fsp3) is 0.636. The monoisotopic (exact) mass is 258 g/mol.